The summed E-state index contributed by atoms with van der Waals surface area (Å²) in [6.07, 6.45) is 1.67. The van der Waals surface area contributed by atoms with Crippen LogP contribution in [0.25, 0.3) is 0 Å². The molecule has 36 heavy (non-hydrogen) atoms. The van der Waals surface area contributed by atoms with Crippen LogP contribution in [0, 0.1) is 0 Å². The zero-order chi connectivity index (χ0) is 27.2. The number of nitrogens with zero attached hydrogens (tertiary/aromatic N) is 2. The van der Waals surface area contributed by atoms with Gasteiger partial charge in [-0.1, -0.05) is 48.3 Å². The number of Topliss-reactive ketones (excluding diaryl/α,β-unsaturated/α-hetero) is 1. The Morgan fingerprint density at radius 1 is 1.06 bits per heavy atom. The molecule has 2 amide bonds. The van der Waals surface area contributed by atoms with Crippen molar-refractivity contribution in [1.29, 1.82) is 0 Å². The maximum atomic E-state index is 13.6. The van der Waals surface area contributed by atoms with Gasteiger partial charge in [0.25, 0.3) is 0 Å². The fourth-order valence-electron chi connectivity index (χ4n) is 3.38. The highest BCUT2D eigenvalue weighted by molar-refractivity contribution is 7.92. The van der Waals surface area contributed by atoms with E-state index >= 15 is 0 Å². The molecule has 0 saturated carbocycles. The van der Waals surface area contributed by atoms with Gasteiger partial charge in [-0.15, -0.1) is 0 Å². The minimum absolute atomic E-state index is 0.0466. The van der Waals surface area contributed by atoms with E-state index in [1.165, 1.54) is 30.0 Å². The number of hydrogen-bond acceptors (Lipinski definition) is 5. The van der Waals surface area contributed by atoms with Crippen LogP contribution in [-0.2, 0) is 26.2 Å². The third-order valence-electron chi connectivity index (χ3n) is 5.74. The number of amides is 2. The molecule has 1 N–H and O–H groups in total. The molecular formula is C25H31Cl2N3O5S. The molecular weight excluding hydrogens is 525 g/mol. The van der Waals surface area contributed by atoms with E-state index in [4.69, 9.17) is 23.2 Å². The van der Waals surface area contributed by atoms with E-state index in [2.05, 4.69) is 5.32 Å². The van der Waals surface area contributed by atoms with Crippen molar-refractivity contribution in [3.05, 3.63) is 63.6 Å². The molecule has 0 radical (unpaired) electrons. The number of benzene rings is 2. The van der Waals surface area contributed by atoms with E-state index in [1.807, 2.05) is 13.8 Å². The van der Waals surface area contributed by atoms with Crippen LogP contribution < -0.4 is 9.62 Å². The van der Waals surface area contributed by atoms with Gasteiger partial charge < -0.3 is 10.2 Å². The number of nitrogens with one attached hydrogen (secondary N) is 1. The first-order valence-corrected chi connectivity index (χ1v) is 14.0. The van der Waals surface area contributed by atoms with E-state index < -0.39 is 28.5 Å². The Bertz CT molecular complexity index is 1240. The summed E-state index contributed by atoms with van der Waals surface area (Å²) < 4.78 is 26.2. The second-order valence-corrected chi connectivity index (χ2v) is 11.4. The highest BCUT2D eigenvalue weighted by Crippen LogP contribution is 2.25. The molecule has 0 unspecified atom stereocenters. The lowest BCUT2D eigenvalue weighted by Crippen LogP contribution is -2.52. The number of sulfonamides is 1. The molecule has 2 aromatic rings. The Labute approximate surface area is 222 Å². The lowest BCUT2D eigenvalue weighted by atomic mass is 10.1. The van der Waals surface area contributed by atoms with Crippen molar-refractivity contribution in [1.82, 2.24) is 10.2 Å². The van der Waals surface area contributed by atoms with Gasteiger partial charge in [-0.05, 0) is 57.0 Å². The van der Waals surface area contributed by atoms with Gasteiger partial charge in [-0.2, -0.15) is 0 Å². The summed E-state index contributed by atoms with van der Waals surface area (Å²) in [6, 6.07) is 9.77. The average Bonchev–Trinajstić information content (AvgIpc) is 2.80. The van der Waals surface area contributed by atoms with Crippen LogP contribution in [0.1, 0.15) is 50.0 Å². The third kappa shape index (κ3) is 7.94. The molecule has 2 rings (SSSR count). The minimum Gasteiger partial charge on any atom is -0.352 e. The van der Waals surface area contributed by atoms with Crippen molar-refractivity contribution in [3.8, 4) is 0 Å². The van der Waals surface area contributed by atoms with Gasteiger partial charge >= 0.3 is 0 Å². The molecule has 0 fully saturated rings. The normalized spacial score (nSPS) is 13.0. The minimum atomic E-state index is -3.91. The van der Waals surface area contributed by atoms with Gasteiger partial charge in [0.05, 0.1) is 11.9 Å². The van der Waals surface area contributed by atoms with Gasteiger partial charge in [-0.3, -0.25) is 18.7 Å². The number of carbonyl (C=O) groups is 3. The predicted molar refractivity (Wildman–Crippen MR) is 143 cm³/mol. The Balaban J connectivity index is 2.46. The average molecular weight is 557 g/mol. The lowest BCUT2D eigenvalue weighted by Gasteiger charge is -2.32. The summed E-state index contributed by atoms with van der Waals surface area (Å²) >= 11 is 12.3. The van der Waals surface area contributed by atoms with Crippen LogP contribution in [0.4, 0.5) is 5.69 Å². The van der Waals surface area contributed by atoms with Gasteiger partial charge in [-0.25, -0.2) is 8.42 Å². The predicted octanol–water partition coefficient (Wildman–Crippen LogP) is 4.29. The molecule has 11 heteroatoms. The molecule has 0 aliphatic rings. The van der Waals surface area contributed by atoms with Crippen LogP contribution in [0.2, 0.25) is 10.0 Å². The smallest absolute Gasteiger partial charge is 0.244 e. The summed E-state index contributed by atoms with van der Waals surface area (Å²) in [5, 5.41) is 3.58. The van der Waals surface area contributed by atoms with E-state index in [9.17, 15) is 22.8 Å². The van der Waals surface area contributed by atoms with Crippen molar-refractivity contribution >= 4 is 56.5 Å². The summed E-state index contributed by atoms with van der Waals surface area (Å²) in [5.74, 6) is -1.25. The van der Waals surface area contributed by atoms with Crippen molar-refractivity contribution in [2.45, 2.75) is 52.7 Å². The number of halogens is 2. The maximum Gasteiger partial charge on any atom is 0.244 e. The standard InChI is InChI=1S/C25H31Cl2N3O5S/c1-6-16(2)28-25(33)17(3)29(14-20-10-11-21(26)13-23(20)27)24(32)15-30(36(5,34)35)22-9-7-8-19(12-22)18(4)31/h7-13,16-17H,6,14-15H2,1-5H3,(H,28,33)/t16-,17+/m1/s1. The Morgan fingerprint density at radius 3 is 2.28 bits per heavy atom. The molecule has 2 atom stereocenters. The fraction of sp³-hybridized carbons (Fsp3) is 0.400. The number of rotatable bonds is 11. The second kappa shape index (κ2) is 12.6. The molecule has 0 bridgehead atoms. The monoisotopic (exact) mass is 555 g/mol. The highest BCUT2D eigenvalue weighted by atomic mass is 35.5. The zero-order valence-electron chi connectivity index (χ0n) is 20.9. The quantitative estimate of drug-likeness (QED) is 0.416. The van der Waals surface area contributed by atoms with E-state index in [1.54, 1.807) is 31.2 Å². The topological polar surface area (TPSA) is 104 Å². The van der Waals surface area contributed by atoms with Crippen LogP contribution in [0.15, 0.2) is 42.5 Å². The van der Waals surface area contributed by atoms with E-state index in [0.29, 0.717) is 27.6 Å². The first kappa shape index (κ1) is 29.6. The Kier molecular flexibility index (Phi) is 10.3. The van der Waals surface area contributed by atoms with Gasteiger partial charge in [0, 0.05) is 28.2 Å². The van der Waals surface area contributed by atoms with Crippen LogP contribution in [-0.4, -0.2) is 55.8 Å². The SMILES string of the molecule is CC[C@@H](C)NC(=O)[C@H](C)N(Cc1ccc(Cl)cc1Cl)C(=O)CN(c1cccc(C(C)=O)c1)S(C)(=O)=O. The largest absolute Gasteiger partial charge is 0.352 e. The molecule has 0 heterocycles. The van der Waals surface area contributed by atoms with Gasteiger partial charge in [0.2, 0.25) is 21.8 Å². The first-order chi connectivity index (χ1) is 16.7. The first-order valence-electron chi connectivity index (χ1n) is 11.4. The molecule has 0 saturated heterocycles. The van der Waals surface area contributed by atoms with E-state index in [-0.39, 0.29) is 30.0 Å². The molecule has 2 aromatic carbocycles. The van der Waals surface area contributed by atoms with Crippen molar-refractivity contribution in [2.24, 2.45) is 0 Å². The fourth-order valence-corrected chi connectivity index (χ4v) is 4.69. The van der Waals surface area contributed by atoms with Crippen LogP contribution in [0.5, 0.6) is 0 Å². The van der Waals surface area contributed by atoms with Gasteiger partial charge in [0.1, 0.15) is 12.6 Å². The van der Waals surface area contributed by atoms with Crippen molar-refractivity contribution in [3.63, 3.8) is 0 Å². The molecule has 0 aliphatic heterocycles. The van der Waals surface area contributed by atoms with Gasteiger partial charge in [0.15, 0.2) is 5.78 Å². The second-order valence-electron chi connectivity index (χ2n) is 8.63. The van der Waals surface area contributed by atoms with Crippen LogP contribution >= 0.6 is 23.2 Å². The summed E-state index contributed by atoms with van der Waals surface area (Å²) in [5.41, 5.74) is 1.02. The Hall–Kier alpha value is -2.62. The molecule has 0 spiro atoms. The molecule has 0 aromatic heterocycles. The molecule has 196 valence electrons. The lowest BCUT2D eigenvalue weighted by molar-refractivity contribution is -0.139. The molecule has 8 nitrogen and oxygen atoms in total. The number of ketones is 1. The third-order valence-corrected chi connectivity index (χ3v) is 7.47. The summed E-state index contributed by atoms with van der Waals surface area (Å²) in [4.78, 5) is 39.6. The van der Waals surface area contributed by atoms with Crippen LogP contribution in [0.3, 0.4) is 0 Å². The van der Waals surface area contributed by atoms with Crippen molar-refractivity contribution < 1.29 is 22.8 Å². The highest BCUT2D eigenvalue weighted by Gasteiger charge is 2.31. The summed E-state index contributed by atoms with van der Waals surface area (Å²) in [7, 11) is -3.91. The van der Waals surface area contributed by atoms with Crippen molar-refractivity contribution in [2.75, 3.05) is 17.1 Å². The number of carbonyl (C=O) groups excluding carboxylic acids is 3. The zero-order valence-corrected chi connectivity index (χ0v) is 23.2. The maximum absolute atomic E-state index is 13.6. The summed E-state index contributed by atoms with van der Waals surface area (Å²) in [6.45, 7) is 6.08. The Morgan fingerprint density at radius 2 is 1.72 bits per heavy atom. The van der Waals surface area contributed by atoms with E-state index in [0.717, 1.165) is 10.6 Å². The molecule has 0 aliphatic carbocycles. The number of hydrogen-bond donors (Lipinski definition) is 1. The number of anilines is 1.